The average Bonchev–Trinajstić information content (AvgIpc) is 2.04. The molecule has 2 unspecified atom stereocenters. The van der Waals surface area contributed by atoms with E-state index in [1.54, 1.807) is 0 Å². The molecule has 0 saturated heterocycles. The van der Waals surface area contributed by atoms with E-state index in [9.17, 15) is 4.79 Å². The average molecular weight is 166 g/mol. The van der Waals surface area contributed by atoms with Crippen LogP contribution in [-0.4, -0.2) is 6.29 Å². The van der Waals surface area contributed by atoms with Crippen LogP contribution in [0.5, 0.6) is 0 Å². The Bertz CT molecular complexity index is 172. The maximum Gasteiger partial charge on any atom is 0.120 e. The number of hydrogen-bond acceptors (Lipinski definition) is 1. The molecule has 2 atom stereocenters. The second-order valence-electron chi connectivity index (χ2n) is 3.94. The molecule has 0 bridgehead atoms. The summed E-state index contributed by atoms with van der Waals surface area (Å²) in [5.41, 5.74) is 1.35. The molecule has 1 aliphatic rings. The van der Waals surface area contributed by atoms with Gasteiger partial charge >= 0.3 is 0 Å². The summed E-state index contributed by atoms with van der Waals surface area (Å²) in [7, 11) is 0. The van der Waals surface area contributed by atoms with Crippen molar-refractivity contribution in [3.8, 4) is 0 Å². The van der Waals surface area contributed by atoms with E-state index >= 15 is 0 Å². The Balaban J connectivity index is 2.44. The first-order chi connectivity index (χ1) is 5.76. The third-order valence-electron chi connectivity index (χ3n) is 2.83. The molecule has 0 amide bonds. The Hall–Kier alpha value is -0.590. The molecule has 0 heterocycles. The summed E-state index contributed by atoms with van der Waals surface area (Å²) >= 11 is 0. The summed E-state index contributed by atoms with van der Waals surface area (Å²) in [5, 5.41) is 0. The van der Waals surface area contributed by atoms with Gasteiger partial charge in [-0.3, -0.25) is 0 Å². The van der Waals surface area contributed by atoms with E-state index < -0.39 is 0 Å². The minimum atomic E-state index is 0.591. The zero-order valence-corrected chi connectivity index (χ0v) is 7.88. The highest BCUT2D eigenvalue weighted by Gasteiger charge is 2.22. The smallest absolute Gasteiger partial charge is 0.120 e. The van der Waals surface area contributed by atoms with E-state index in [0.717, 1.165) is 25.0 Å². The maximum absolute atomic E-state index is 10.3. The molecular weight excluding hydrogens is 148 g/mol. The molecule has 0 aromatic carbocycles. The lowest BCUT2D eigenvalue weighted by Gasteiger charge is -2.28. The molecule has 1 heteroatoms. The molecule has 0 aromatic heterocycles. The van der Waals surface area contributed by atoms with Gasteiger partial charge in [0, 0.05) is 6.42 Å². The first kappa shape index (κ1) is 9.50. The van der Waals surface area contributed by atoms with Gasteiger partial charge in [-0.2, -0.15) is 0 Å². The van der Waals surface area contributed by atoms with Crippen LogP contribution in [-0.2, 0) is 4.79 Å². The number of aldehydes is 1. The lowest BCUT2D eigenvalue weighted by Crippen LogP contribution is -2.16. The van der Waals surface area contributed by atoms with Crippen LogP contribution in [0.4, 0.5) is 0 Å². The second kappa shape index (κ2) is 4.44. The highest BCUT2D eigenvalue weighted by Crippen LogP contribution is 2.34. The number of hydrogen-bond donors (Lipinski definition) is 0. The molecule has 0 aliphatic heterocycles. The minimum Gasteiger partial charge on any atom is -0.303 e. The van der Waals surface area contributed by atoms with Crippen molar-refractivity contribution in [2.45, 2.75) is 39.0 Å². The minimum absolute atomic E-state index is 0.591. The summed E-state index contributed by atoms with van der Waals surface area (Å²) in [5.74, 6) is 1.38. The Morgan fingerprint density at radius 3 is 2.75 bits per heavy atom. The van der Waals surface area contributed by atoms with Gasteiger partial charge in [0.05, 0.1) is 0 Å². The van der Waals surface area contributed by atoms with Crippen molar-refractivity contribution in [2.75, 3.05) is 0 Å². The summed E-state index contributed by atoms with van der Waals surface area (Å²) in [6.45, 7) is 6.25. The molecule has 0 radical (unpaired) electrons. The summed E-state index contributed by atoms with van der Waals surface area (Å²) in [6.07, 6.45) is 6.51. The number of carbonyl (C=O) groups excluding carboxylic acids is 1. The van der Waals surface area contributed by atoms with Crippen LogP contribution in [0.2, 0.25) is 0 Å². The molecule has 0 aromatic rings. The van der Waals surface area contributed by atoms with Crippen molar-refractivity contribution in [3.05, 3.63) is 12.2 Å². The predicted octanol–water partition coefficient (Wildman–Crippen LogP) is 2.96. The lowest BCUT2D eigenvalue weighted by atomic mass is 9.77. The van der Waals surface area contributed by atoms with E-state index in [-0.39, 0.29) is 0 Å². The fraction of sp³-hybridized carbons (Fsp3) is 0.727. The largest absolute Gasteiger partial charge is 0.303 e. The van der Waals surface area contributed by atoms with Gasteiger partial charge in [0.1, 0.15) is 6.29 Å². The topological polar surface area (TPSA) is 17.1 Å². The fourth-order valence-corrected chi connectivity index (χ4v) is 2.16. The van der Waals surface area contributed by atoms with Gasteiger partial charge in [0.25, 0.3) is 0 Å². The van der Waals surface area contributed by atoms with E-state index in [1.165, 1.54) is 24.8 Å². The molecule has 1 saturated carbocycles. The van der Waals surface area contributed by atoms with Crippen molar-refractivity contribution in [1.29, 1.82) is 0 Å². The Morgan fingerprint density at radius 2 is 2.17 bits per heavy atom. The molecule has 68 valence electrons. The van der Waals surface area contributed by atoms with Gasteiger partial charge in [-0.25, -0.2) is 0 Å². The zero-order valence-electron chi connectivity index (χ0n) is 7.88. The third-order valence-corrected chi connectivity index (χ3v) is 2.83. The highest BCUT2D eigenvalue weighted by atomic mass is 16.1. The first-order valence-corrected chi connectivity index (χ1v) is 4.86. The summed E-state index contributed by atoms with van der Waals surface area (Å²) in [4.78, 5) is 10.3. The maximum atomic E-state index is 10.3. The van der Waals surface area contributed by atoms with Crippen molar-refractivity contribution < 1.29 is 4.79 Å². The van der Waals surface area contributed by atoms with Crippen molar-refractivity contribution in [2.24, 2.45) is 11.8 Å². The summed E-state index contributed by atoms with van der Waals surface area (Å²) < 4.78 is 0. The van der Waals surface area contributed by atoms with Gasteiger partial charge in [-0.1, -0.05) is 25.5 Å². The van der Waals surface area contributed by atoms with Crippen molar-refractivity contribution in [3.63, 3.8) is 0 Å². The lowest BCUT2D eigenvalue weighted by molar-refractivity contribution is -0.108. The van der Waals surface area contributed by atoms with Crippen LogP contribution < -0.4 is 0 Å². The van der Waals surface area contributed by atoms with Gasteiger partial charge in [0.15, 0.2) is 0 Å². The van der Waals surface area contributed by atoms with Crippen molar-refractivity contribution in [1.82, 2.24) is 0 Å². The number of rotatable bonds is 3. The van der Waals surface area contributed by atoms with Crippen LogP contribution in [0.25, 0.3) is 0 Å². The van der Waals surface area contributed by atoms with Crippen LogP contribution in [0, 0.1) is 11.8 Å². The van der Waals surface area contributed by atoms with Crippen LogP contribution in [0.1, 0.15) is 39.0 Å². The van der Waals surface area contributed by atoms with Gasteiger partial charge in [-0.15, -0.1) is 0 Å². The Kier molecular flexibility index (Phi) is 3.51. The quantitative estimate of drug-likeness (QED) is 0.465. The molecular formula is C11H18O. The van der Waals surface area contributed by atoms with Crippen molar-refractivity contribution >= 4 is 6.29 Å². The van der Waals surface area contributed by atoms with Crippen LogP contribution in [0.15, 0.2) is 12.2 Å². The monoisotopic (exact) mass is 166 g/mol. The molecule has 0 spiro atoms. The van der Waals surface area contributed by atoms with E-state index in [4.69, 9.17) is 0 Å². The van der Waals surface area contributed by atoms with E-state index in [0.29, 0.717) is 5.92 Å². The SMILES string of the molecule is C=C1CC(CC)CC(CC=O)C1. The molecule has 1 fully saturated rings. The normalized spacial score (nSPS) is 30.2. The molecule has 0 N–H and O–H groups in total. The third kappa shape index (κ3) is 2.47. The summed E-state index contributed by atoms with van der Waals surface area (Å²) in [6, 6.07) is 0. The van der Waals surface area contributed by atoms with Crippen LogP contribution >= 0.6 is 0 Å². The predicted molar refractivity (Wildman–Crippen MR) is 50.9 cm³/mol. The zero-order chi connectivity index (χ0) is 8.97. The molecule has 1 rings (SSSR count). The first-order valence-electron chi connectivity index (χ1n) is 4.86. The molecule has 1 nitrogen and oxygen atoms in total. The molecule has 1 aliphatic carbocycles. The number of carbonyl (C=O) groups is 1. The Labute approximate surface area is 74.9 Å². The van der Waals surface area contributed by atoms with Crippen LogP contribution in [0.3, 0.4) is 0 Å². The number of allylic oxidation sites excluding steroid dienone is 1. The van der Waals surface area contributed by atoms with Gasteiger partial charge in [0.2, 0.25) is 0 Å². The van der Waals surface area contributed by atoms with E-state index in [2.05, 4.69) is 13.5 Å². The second-order valence-corrected chi connectivity index (χ2v) is 3.94. The van der Waals surface area contributed by atoms with Gasteiger partial charge < -0.3 is 4.79 Å². The van der Waals surface area contributed by atoms with E-state index in [1.807, 2.05) is 0 Å². The highest BCUT2D eigenvalue weighted by molar-refractivity contribution is 5.49. The standard InChI is InChI=1S/C11H18O/c1-3-10-6-9(2)7-11(8-10)4-5-12/h5,10-11H,2-4,6-8H2,1H3. The molecule has 12 heavy (non-hydrogen) atoms. The van der Waals surface area contributed by atoms with Gasteiger partial charge in [-0.05, 0) is 31.1 Å². The Morgan fingerprint density at radius 1 is 1.50 bits per heavy atom. The fourth-order valence-electron chi connectivity index (χ4n) is 2.16.